The molecule has 0 spiro atoms. The van der Waals surface area contributed by atoms with E-state index in [9.17, 15) is 9.59 Å². The van der Waals surface area contributed by atoms with E-state index in [2.05, 4.69) is 5.32 Å². The highest BCUT2D eigenvalue weighted by atomic mass is 16.5. The van der Waals surface area contributed by atoms with Gasteiger partial charge in [-0.05, 0) is 43.0 Å². The Hall–Kier alpha value is -2.86. The molecule has 2 aromatic rings. The highest BCUT2D eigenvalue weighted by Gasteiger charge is 2.27. The van der Waals surface area contributed by atoms with E-state index < -0.39 is 0 Å². The molecule has 6 nitrogen and oxygen atoms in total. The number of hydrogen-bond donors (Lipinski definition) is 1. The van der Waals surface area contributed by atoms with Crippen LogP contribution in [0.5, 0.6) is 0 Å². The van der Waals surface area contributed by atoms with Crippen LogP contribution in [0.15, 0.2) is 54.6 Å². The summed E-state index contributed by atoms with van der Waals surface area (Å²) in [4.78, 5) is 29.2. The normalized spacial score (nSPS) is 19.4. The third kappa shape index (κ3) is 4.77. The SMILES string of the molecule is O=C(NCC1CCCO1)c1cccc(N2CCCN(Cc3ccccc3)C2=O)c1. The van der Waals surface area contributed by atoms with Crippen molar-refractivity contribution in [1.29, 1.82) is 0 Å². The maximum absolute atomic E-state index is 13.0. The van der Waals surface area contributed by atoms with E-state index in [1.165, 1.54) is 0 Å². The van der Waals surface area contributed by atoms with Gasteiger partial charge < -0.3 is 15.0 Å². The molecule has 2 saturated heterocycles. The van der Waals surface area contributed by atoms with Crippen LogP contribution in [0.3, 0.4) is 0 Å². The first-order chi connectivity index (χ1) is 14.2. The van der Waals surface area contributed by atoms with Gasteiger partial charge in [-0.15, -0.1) is 0 Å². The van der Waals surface area contributed by atoms with Crippen molar-refractivity contribution >= 4 is 17.6 Å². The number of benzene rings is 2. The van der Waals surface area contributed by atoms with Crippen molar-refractivity contribution in [2.24, 2.45) is 0 Å². The number of nitrogens with zero attached hydrogens (tertiary/aromatic N) is 2. The van der Waals surface area contributed by atoms with Crippen molar-refractivity contribution in [2.75, 3.05) is 31.1 Å². The molecule has 1 unspecified atom stereocenters. The van der Waals surface area contributed by atoms with Gasteiger partial charge in [0.25, 0.3) is 5.91 Å². The largest absolute Gasteiger partial charge is 0.376 e. The van der Waals surface area contributed by atoms with E-state index in [1.807, 2.05) is 47.4 Å². The fourth-order valence-electron chi connectivity index (χ4n) is 3.90. The van der Waals surface area contributed by atoms with Crippen LogP contribution in [0.4, 0.5) is 10.5 Å². The van der Waals surface area contributed by atoms with Crippen molar-refractivity contribution in [3.63, 3.8) is 0 Å². The predicted molar refractivity (Wildman–Crippen MR) is 112 cm³/mol. The smallest absolute Gasteiger partial charge is 0.324 e. The third-order valence-electron chi connectivity index (χ3n) is 5.46. The maximum atomic E-state index is 13.0. The lowest BCUT2D eigenvalue weighted by Crippen LogP contribution is -2.49. The molecule has 2 aliphatic rings. The second-order valence-electron chi connectivity index (χ2n) is 7.59. The van der Waals surface area contributed by atoms with E-state index in [0.717, 1.165) is 43.7 Å². The molecule has 2 fully saturated rings. The quantitative estimate of drug-likeness (QED) is 0.818. The van der Waals surface area contributed by atoms with Crippen LogP contribution in [0, 0.1) is 0 Å². The average molecular weight is 393 g/mol. The molecule has 1 N–H and O–H groups in total. The summed E-state index contributed by atoms with van der Waals surface area (Å²) in [7, 11) is 0. The Bertz CT molecular complexity index is 849. The highest BCUT2D eigenvalue weighted by molar-refractivity contribution is 5.98. The van der Waals surface area contributed by atoms with Gasteiger partial charge >= 0.3 is 6.03 Å². The van der Waals surface area contributed by atoms with E-state index >= 15 is 0 Å². The Kier molecular flexibility index (Phi) is 6.10. The number of amides is 3. The zero-order valence-corrected chi connectivity index (χ0v) is 16.5. The van der Waals surface area contributed by atoms with Gasteiger partial charge in [0.1, 0.15) is 0 Å². The van der Waals surface area contributed by atoms with Gasteiger partial charge in [-0.25, -0.2) is 4.79 Å². The Morgan fingerprint density at radius 2 is 1.93 bits per heavy atom. The minimum absolute atomic E-state index is 0.0167. The number of rotatable bonds is 6. The van der Waals surface area contributed by atoms with Crippen molar-refractivity contribution in [3.05, 3.63) is 65.7 Å². The summed E-state index contributed by atoms with van der Waals surface area (Å²) < 4.78 is 5.56. The fourth-order valence-corrected chi connectivity index (χ4v) is 3.90. The van der Waals surface area contributed by atoms with Crippen LogP contribution in [-0.2, 0) is 11.3 Å². The molecule has 0 aromatic heterocycles. The fraction of sp³-hybridized carbons (Fsp3) is 0.391. The molecule has 0 saturated carbocycles. The predicted octanol–water partition coefficient (Wildman–Crippen LogP) is 3.43. The molecule has 2 aliphatic heterocycles. The lowest BCUT2D eigenvalue weighted by molar-refractivity contribution is 0.0857. The molecule has 29 heavy (non-hydrogen) atoms. The van der Waals surface area contributed by atoms with Crippen molar-refractivity contribution in [3.8, 4) is 0 Å². The Labute approximate surface area is 171 Å². The molecule has 0 bridgehead atoms. The second-order valence-corrected chi connectivity index (χ2v) is 7.59. The minimum atomic E-state index is -0.132. The topological polar surface area (TPSA) is 61.9 Å². The number of anilines is 1. The van der Waals surface area contributed by atoms with Gasteiger partial charge in [-0.2, -0.15) is 0 Å². The van der Waals surface area contributed by atoms with Gasteiger partial charge in [0.15, 0.2) is 0 Å². The molecular weight excluding hydrogens is 366 g/mol. The summed E-state index contributed by atoms with van der Waals surface area (Å²) in [6.07, 6.45) is 3.04. The number of ether oxygens (including phenoxy) is 1. The van der Waals surface area contributed by atoms with Crippen LogP contribution < -0.4 is 10.2 Å². The molecule has 6 heteroatoms. The van der Waals surface area contributed by atoms with Gasteiger partial charge in [-0.1, -0.05) is 36.4 Å². The number of urea groups is 1. The van der Waals surface area contributed by atoms with Crippen LogP contribution in [-0.4, -0.2) is 49.2 Å². The van der Waals surface area contributed by atoms with E-state index in [0.29, 0.717) is 25.2 Å². The first kappa shape index (κ1) is 19.5. The first-order valence-corrected chi connectivity index (χ1v) is 10.3. The number of carbonyl (C=O) groups is 2. The van der Waals surface area contributed by atoms with E-state index in [-0.39, 0.29) is 18.0 Å². The molecular formula is C23H27N3O3. The van der Waals surface area contributed by atoms with E-state index in [1.54, 1.807) is 17.0 Å². The molecule has 4 rings (SSSR count). The highest BCUT2D eigenvalue weighted by Crippen LogP contribution is 2.23. The average Bonchev–Trinajstić information content (AvgIpc) is 3.28. The molecule has 2 heterocycles. The minimum Gasteiger partial charge on any atom is -0.376 e. The molecule has 2 aromatic carbocycles. The Balaban J connectivity index is 1.42. The number of hydrogen-bond acceptors (Lipinski definition) is 3. The molecule has 3 amide bonds. The third-order valence-corrected chi connectivity index (χ3v) is 5.46. The number of nitrogens with one attached hydrogen (secondary N) is 1. The summed E-state index contributed by atoms with van der Waals surface area (Å²) >= 11 is 0. The van der Waals surface area contributed by atoms with Crippen LogP contribution in [0.2, 0.25) is 0 Å². The summed E-state index contributed by atoms with van der Waals surface area (Å²) in [5.41, 5.74) is 2.44. The number of carbonyl (C=O) groups excluding carboxylic acids is 2. The van der Waals surface area contributed by atoms with Crippen LogP contribution >= 0.6 is 0 Å². The zero-order valence-electron chi connectivity index (χ0n) is 16.5. The van der Waals surface area contributed by atoms with Crippen molar-refractivity contribution in [1.82, 2.24) is 10.2 Å². The zero-order chi connectivity index (χ0) is 20.1. The lowest BCUT2D eigenvalue weighted by atomic mass is 10.1. The first-order valence-electron chi connectivity index (χ1n) is 10.3. The molecule has 1 atom stereocenters. The van der Waals surface area contributed by atoms with Crippen LogP contribution in [0.25, 0.3) is 0 Å². The second kappa shape index (κ2) is 9.09. The molecule has 0 aliphatic carbocycles. The Morgan fingerprint density at radius 1 is 1.07 bits per heavy atom. The van der Waals surface area contributed by atoms with Crippen LogP contribution in [0.1, 0.15) is 35.2 Å². The van der Waals surface area contributed by atoms with E-state index in [4.69, 9.17) is 4.74 Å². The molecule has 0 radical (unpaired) electrons. The summed E-state index contributed by atoms with van der Waals surface area (Å²) in [6.45, 7) is 3.29. The summed E-state index contributed by atoms with van der Waals surface area (Å²) in [6, 6.07) is 17.3. The summed E-state index contributed by atoms with van der Waals surface area (Å²) in [5.74, 6) is -0.132. The lowest BCUT2D eigenvalue weighted by Gasteiger charge is -2.35. The standard InChI is InChI=1S/C23H27N3O3/c27-22(24-16-21-11-5-14-29-21)19-9-4-10-20(15-19)26-13-6-12-25(23(26)28)17-18-7-2-1-3-8-18/h1-4,7-10,15,21H,5-6,11-14,16-17H2,(H,24,27). The Morgan fingerprint density at radius 3 is 2.72 bits per heavy atom. The van der Waals surface area contributed by atoms with Crippen molar-refractivity contribution < 1.29 is 14.3 Å². The van der Waals surface area contributed by atoms with Gasteiger partial charge in [-0.3, -0.25) is 9.69 Å². The van der Waals surface area contributed by atoms with Gasteiger partial charge in [0, 0.05) is 44.0 Å². The van der Waals surface area contributed by atoms with Gasteiger partial charge in [0.2, 0.25) is 0 Å². The maximum Gasteiger partial charge on any atom is 0.324 e. The van der Waals surface area contributed by atoms with Gasteiger partial charge in [0.05, 0.1) is 6.10 Å². The molecule has 152 valence electrons. The van der Waals surface area contributed by atoms with Crippen molar-refractivity contribution in [2.45, 2.75) is 31.9 Å². The monoisotopic (exact) mass is 393 g/mol. The summed E-state index contributed by atoms with van der Waals surface area (Å²) in [5, 5.41) is 2.95.